The van der Waals surface area contributed by atoms with Gasteiger partial charge in [0.2, 0.25) is 0 Å². The van der Waals surface area contributed by atoms with Gasteiger partial charge in [0.1, 0.15) is 5.82 Å². The number of rotatable bonds is 4. The second-order valence-electron chi connectivity index (χ2n) is 4.85. The number of Topliss-reactive ketones (excluding diaryl/α,β-unsaturated/α-hetero) is 1. The lowest BCUT2D eigenvalue weighted by Crippen LogP contribution is -2.17. The summed E-state index contributed by atoms with van der Waals surface area (Å²) in [5, 5.41) is 0. The molecule has 2 aromatic carbocycles. The number of carbonyl (C=O) groups excluding carboxylic acids is 1. The lowest BCUT2D eigenvalue weighted by Gasteiger charge is -2.13. The Hall–Kier alpha value is -2.42. The third kappa shape index (κ3) is 3.73. The molecule has 0 bridgehead atoms. The molecule has 9 heteroatoms. The van der Waals surface area contributed by atoms with E-state index in [4.69, 9.17) is 0 Å². The first kappa shape index (κ1) is 17.9. The van der Waals surface area contributed by atoms with E-state index in [0.717, 1.165) is 0 Å². The van der Waals surface area contributed by atoms with Crippen LogP contribution in [-0.2, 0) is 16.2 Å². The summed E-state index contributed by atoms with van der Waals surface area (Å²) in [5.41, 5.74) is -1.72. The van der Waals surface area contributed by atoms with Crippen LogP contribution in [0.1, 0.15) is 22.8 Å². The molecule has 0 saturated carbocycles. The summed E-state index contributed by atoms with van der Waals surface area (Å²) in [6.07, 6.45) is -5.03. The van der Waals surface area contributed by atoms with Crippen LogP contribution in [-0.4, -0.2) is 14.2 Å². The molecule has 0 unspecified atom stereocenters. The molecule has 0 aliphatic rings. The van der Waals surface area contributed by atoms with Gasteiger partial charge in [0.25, 0.3) is 10.0 Å². The van der Waals surface area contributed by atoms with Crippen LogP contribution in [0.2, 0.25) is 0 Å². The molecule has 0 fully saturated rings. The smallest absolute Gasteiger partial charge is 0.294 e. The number of hydrogen-bond acceptors (Lipinski definition) is 3. The third-order valence-corrected chi connectivity index (χ3v) is 4.47. The van der Waals surface area contributed by atoms with Gasteiger partial charge in [0.05, 0.1) is 16.1 Å². The van der Waals surface area contributed by atoms with Gasteiger partial charge in [-0.25, -0.2) is 12.8 Å². The Morgan fingerprint density at radius 1 is 1.08 bits per heavy atom. The summed E-state index contributed by atoms with van der Waals surface area (Å²) in [6, 6.07) is 6.96. The zero-order valence-corrected chi connectivity index (χ0v) is 13.0. The fourth-order valence-electron chi connectivity index (χ4n) is 1.97. The molecule has 0 amide bonds. The number of sulfonamides is 1. The van der Waals surface area contributed by atoms with Crippen molar-refractivity contribution in [2.45, 2.75) is 18.0 Å². The van der Waals surface area contributed by atoms with E-state index in [-0.39, 0.29) is 17.3 Å². The third-order valence-electron chi connectivity index (χ3n) is 3.10. The fraction of sp³-hybridized carbons (Fsp3) is 0.133. The number of ketones is 1. The molecule has 24 heavy (non-hydrogen) atoms. The highest BCUT2D eigenvalue weighted by molar-refractivity contribution is 7.92. The first-order valence-electron chi connectivity index (χ1n) is 6.52. The lowest BCUT2D eigenvalue weighted by molar-refractivity contribution is -0.140. The topological polar surface area (TPSA) is 63.2 Å². The Balaban J connectivity index is 2.48. The molecule has 128 valence electrons. The Bertz CT molecular complexity index is 892. The van der Waals surface area contributed by atoms with Gasteiger partial charge in [-0.3, -0.25) is 9.52 Å². The minimum atomic E-state index is -5.03. The summed E-state index contributed by atoms with van der Waals surface area (Å²) in [5.74, 6) is -2.01. The molecule has 0 heterocycles. The van der Waals surface area contributed by atoms with Crippen LogP contribution in [0.15, 0.2) is 47.4 Å². The van der Waals surface area contributed by atoms with Crippen LogP contribution in [0, 0.1) is 5.82 Å². The van der Waals surface area contributed by atoms with Crippen molar-refractivity contribution in [1.29, 1.82) is 0 Å². The monoisotopic (exact) mass is 361 g/mol. The maximum absolute atomic E-state index is 13.3. The molecule has 2 rings (SSSR count). The number of hydrogen-bond donors (Lipinski definition) is 1. The Morgan fingerprint density at radius 2 is 1.71 bits per heavy atom. The number of nitrogens with one attached hydrogen (secondary N) is 1. The summed E-state index contributed by atoms with van der Waals surface area (Å²) in [6.45, 7) is 1.22. The second kappa shape index (κ2) is 6.23. The molecular weight excluding hydrogens is 350 g/mol. The molecule has 2 aromatic rings. The average molecular weight is 361 g/mol. The van der Waals surface area contributed by atoms with E-state index in [1.54, 1.807) is 0 Å². The SMILES string of the molecule is CC(=O)c1ccccc1NS(=O)(=O)c1ccc(F)c(C(F)(F)F)c1. The first-order valence-corrected chi connectivity index (χ1v) is 8.00. The highest BCUT2D eigenvalue weighted by Crippen LogP contribution is 2.33. The van der Waals surface area contributed by atoms with Crippen molar-refractivity contribution in [3.63, 3.8) is 0 Å². The van der Waals surface area contributed by atoms with Crippen LogP contribution in [0.4, 0.5) is 23.2 Å². The van der Waals surface area contributed by atoms with Crippen molar-refractivity contribution < 1.29 is 30.8 Å². The summed E-state index contributed by atoms with van der Waals surface area (Å²) < 4.78 is 78.0. The standard InChI is InChI=1S/C15H11F4NO3S/c1-9(21)11-4-2-3-5-14(11)20-24(22,23)10-6-7-13(16)12(8-10)15(17,18)19/h2-8,20H,1H3. The largest absolute Gasteiger partial charge is 0.419 e. The zero-order chi connectivity index (χ0) is 18.1. The molecule has 0 radical (unpaired) electrons. The number of alkyl halides is 3. The minimum Gasteiger partial charge on any atom is -0.294 e. The van der Waals surface area contributed by atoms with Gasteiger partial charge in [-0.05, 0) is 37.3 Å². The number of anilines is 1. The Morgan fingerprint density at radius 3 is 2.29 bits per heavy atom. The number of carbonyl (C=O) groups is 1. The molecule has 0 saturated heterocycles. The van der Waals surface area contributed by atoms with Crippen LogP contribution in [0.5, 0.6) is 0 Å². The van der Waals surface area contributed by atoms with E-state index in [1.165, 1.54) is 31.2 Å². The van der Waals surface area contributed by atoms with Gasteiger partial charge in [-0.15, -0.1) is 0 Å². The van der Waals surface area contributed by atoms with Crippen molar-refractivity contribution in [1.82, 2.24) is 0 Å². The van der Waals surface area contributed by atoms with Gasteiger partial charge in [-0.1, -0.05) is 12.1 Å². The van der Waals surface area contributed by atoms with E-state index < -0.39 is 38.3 Å². The van der Waals surface area contributed by atoms with Crippen molar-refractivity contribution in [3.8, 4) is 0 Å². The van der Waals surface area contributed by atoms with Gasteiger partial charge in [-0.2, -0.15) is 13.2 Å². The van der Waals surface area contributed by atoms with Gasteiger partial charge < -0.3 is 0 Å². The van der Waals surface area contributed by atoms with Crippen LogP contribution in [0.3, 0.4) is 0 Å². The summed E-state index contributed by atoms with van der Waals surface area (Å²) in [4.78, 5) is 10.7. The van der Waals surface area contributed by atoms with E-state index in [9.17, 15) is 30.8 Å². The predicted molar refractivity (Wildman–Crippen MR) is 78.7 cm³/mol. The zero-order valence-electron chi connectivity index (χ0n) is 12.2. The van der Waals surface area contributed by atoms with E-state index in [1.807, 2.05) is 4.72 Å². The van der Waals surface area contributed by atoms with Crippen molar-refractivity contribution in [2.24, 2.45) is 0 Å². The van der Waals surface area contributed by atoms with Crippen molar-refractivity contribution >= 4 is 21.5 Å². The molecule has 0 aliphatic carbocycles. The van der Waals surface area contributed by atoms with Crippen LogP contribution < -0.4 is 4.72 Å². The average Bonchev–Trinajstić information content (AvgIpc) is 2.46. The minimum absolute atomic E-state index is 0.0548. The quantitative estimate of drug-likeness (QED) is 0.665. The molecule has 4 nitrogen and oxygen atoms in total. The highest BCUT2D eigenvalue weighted by atomic mass is 32.2. The maximum atomic E-state index is 13.3. The summed E-state index contributed by atoms with van der Waals surface area (Å²) in [7, 11) is -4.44. The van der Waals surface area contributed by atoms with Crippen LogP contribution >= 0.6 is 0 Å². The van der Waals surface area contributed by atoms with Crippen LogP contribution in [0.25, 0.3) is 0 Å². The Kier molecular flexibility index (Phi) is 4.66. The van der Waals surface area contributed by atoms with Gasteiger partial charge in [0.15, 0.2) is 5.78 Å². The highest BCUT2D eigenvalue weighted by Gasteiger charge is 2.35. The van der Waals surface area contributed by atoms with E-state index in [0.29, 0.717) is 12.1 Å². The molecule has 0 aliphatic heterocycles. The Labute approximate surface area is 135 Å². The van der Waals surface area contributed by atoms with Crippen molar-refractivity contribution in [3.05, 3.63) is 59.4 Å². The molecular formula is C15H11F4NO3S. The fourth-order valence-corrected chi connectivity index (χ4v) is 3.08. The molecule has 1 N–H and O–H groups in total. The summed E-state index contributed by atoms with van der Waals surface area (Å²) >= 11 is 0. The van der Waals surface area contributed by atoms with Crippen molar-refractivity contribution in [2.75, 3.05) is 4.72 Å². The lowest BCUT2D eigenvalue weighted by atomic mass is 10.1. The van der Waals surface area contributed by atoms with E-state index in [2.05, 4.69) is 0 Å². The molecule has 0 atom stereocenters. The second-order valence-corrected chi connectivity index (χ2v) is 6.53. The maximum Gasteiger partial charge on any atom is 0.419 e. The molecule has 0 spiro atoms. The number of benzene rings is 2. The van der Waals surface area contributed by atoms with E-state index >= 15 is 0 Å². The number of halogens is 4. The number of para-hydroxylation sites is 1. The van der Waals surface area contributed by atoms with Gasteiger partial charge >= 0.3 is 6.18 Å². The van der Waals surface area contributed by atoms with Gasteiger partial charge in [0, 0.05) is 5.56 Å². The normalized spacial score (nSPS) is 12.0. The predicted octanol–water partition coefficient (Wildman–Crippen LogP) is 3.85. The first-order chi connectivity index (χ1) is 11.0. The molecule has 0 aromatic heterocycles.